The number of halogens is 1. The fourth-order valence-corrected chi connectivity index (χ4v) is 2.38. The zero-order chi connectivity index (χ0) is 13.7. The number of benzene rings is 1. The van der Waals surface area contributed by atoms with Crippen molar-refractivity contribution in [2.75, 3.05) is 0 Å². The van der Waals surface area contributed by atoms with E-state index in [1.54, 1.807) is 0 Å². The van der Waals surface area contributed by atoms with Crippen LogP contribution in [0.2, 0.25) is 0 Å². The Balaban J connectivity index is 2.08. The molecule has 2 heteroatoms. The quantitative estimate of drug-likeness (QED) is 0.634. The van der Waals surface area contributed by atoms with Crippen molar-refractivity contribution in [3.63, 3.8) is 0 Å². The van der Waals surface area contributed by atoms with Crippen molar-refractivity contribution >= 4 is 11.6 Å². The van der Waals surface area contributed by atoms with Crippen LogP contribution in [0.4, 0.5) is 0 Å². The SMILES string of the molecule is CCCCc1ccc(C(Cl)c2ccc(CC)o2)cc1. The minimum atomic E-state index is -0.194. The van der Waals surface area contributed by atoms with Crippen molar-refractivity contribution in [2.45, 2.75) is 44.9 Å². The summed E-state index contributed by atoms with van der Waals surface area (Å²) in [7, 11) is 0. The fraction of sp³-hybridized carbons (Fsp3) is 0.412. The highest BCUT2D eigenvalue weighted by molar-refractivity contribution is 6.22. The van der Waals surface area contributed by atoms with Gasteiger partial charge in [-0.15, -0.1) is 11.6 Å². The number of hydrogen-bond acceptors (Lipinski definition) is 1. The van der Waals surface area contributed by atoms with E-state index in [2.05, 4.69) is 38.1 Å². The van der Waals surface area contributed by atoms with Crippen molar-refractivity contribution in [1.29, 1.82) is 0 Å². The zero-order valence-electron chi connectivity index (χ0n) is 11.7. The van der Waals surface area contributed by atoms with E-state index in [0.29, 0.717) is 0 Å². The molecule has 0 aliphatic carbocycles. The normalized spacial score (nSPS) is 12.6. The molecule has 2 aromatic rings. The zero-order valence-corrected chi connectivity index (χ0v) is 12.4. The van der Waals surface area contributed by atoms with Gasteiger partial charge in [0.2, 0.25) is 0 Å². The van der Waals surface area contributed by atoms with Gasteiger partial charge in [0.05, 0.1) is 0 Å². The summed E-state index contributed by atoms with van der Waals surface area (Å²) in [5.41, 5.74) is 2.47. The summed E-state index contributed by atoms with van der Waals surface area (Å²) in [5, 5.41) is -0.194. The van der Waals surface area contributed by atoms with Crippen LogP contribution in [-0.2, 0) is 12.8 Å². The lowest BCUT2D eigenvalue weighted by molar-refractivity contribution is 0.474. The van der Waals surface area contributed by atoms with Gasteiger partial charge in [-0.2, -0.15) is 0 Å². The first kappa shape index (κ1) is 14.2. The van der Waals surface area contributed by atoms with E-state index >= 15 is 0 Å². The van der Waals surface area contributed by atoms with E-state index < -0.39 is 0 Å². The average Bonchev–Trinajstić information content (AvgIpc) is 2.94. The summed E-state index contributed by atoms with van der Waals surface area (Å²) in [6.45, 7) is 4.29. The maximum Gasteiger partial charge on any atom is 0.126 e. The molecule has 0 aliphatic heterocycles. The number of aryl methyl sites for hydroxylation is 2. The third-order valence-corrected chi connectivity index (χ3v) is 3.84. The Kier molecular flexibility index (Phi) is 5.09. The molecule has 1 aromatic heterocycles. The molecule has 0 aliphatic rings. The molecule has 0 fully saturated rings. The van der Waals surface area contributed by atoms with Crippen LogP contribution < -0.4 is 0 Å². The Bertz CT molecular complexity index is 498. The molecule has 102 valence electrons. The van der Waals surface area contributed by atoms with E-state index in [0.717, 1.165) is 29.9 Å². The molecule has 0 bridgehead atoms. The van der Waals surface area contributed by atoms with Gasteiger partial charge >= 0.3 is 0 Å². The second kappa shape index (κ2) is 6.81. The van der Waals surface area contributed by atoms with Gasteiger partial charge in [0.25, 0.3) is 0 Å². The van der Waals surface area contributed by atoms with Crippen LogP contribution >= 0.6 is 11.6 Å². The second-order valence-corrected chi connectivity index (χ2v) is 5.30. The van der Waals surface area contributed by atoms with E-state index in [9.17, 15) is 0 Å². The number of hydrogen-bond donors (Lipinski definition) is 0. The Morgan fingerprint density at radius 3 is 2.37 bits per heavy atom. The van der Waals surface area contributed by atoms with Gasteiger partial charge in [0, 0.05) is 6.42 Å². The first-order valence-corrected chi connectivity index (χ1v) is 7.49. The molecule has 0 spiro atoms. The number of unbranched alkanes of at least 4 members (excludes halogenated alkanes) is 1. The average molecular weight is 277 g/mol. The van der Waals surface area contributed by atoms with Crippen LogP contribution in [0.1, 0.15) is 54.7 Å². The van der Waals surface area contributed by atoms with Crippen molar-refractivity contribution < 1.29 is 4.42 Å². The Morgan fingerprint density at radius 2 is 1.79 bits per heavy atom. The highest BCUT2D eigenvalue weighted by atomic mass is 35.5. The maximum atomic E-state index is 6.46. The predicted octanol–water partition coefficient (Wildman–Crippen LogP) is 5.51. The van der Waals surface area contributed by atoms with Gasteiger partial charge in [-0.1, -0.05) is 44.5 Å². The minimum absolute atomic E-state index is 0.194. The lowest BCUT2D eigenvalue weighted by Gasteiger charge is -2.08. The van der Waals surface area contributed by atoms with Crippen LogP contribution in [0.15, 0.2) is 40.8 Å². The van der Waals surface area contributed by atoms with Crippen molar-refractivity contribution in [2.24, 2.45) is 0 Å². The van der Waals surface area contributed by atoms with Crippen molar-refractivity contribution in [1.82, 2.24) is 0 Å². The summed E-state index contributed by atoms with van der Waals surface area (Å²) >= 11 is 6.46. The fourth-order valence-electron chi connectivity index (χ4n) is 2.12. The van der Waals surface area contributed by atoms with Gasteiger partial charge < -0.3 is 4.42 Å². The van der Waals surface area contributed by atoms with Crippen LogP contribution in [0, 0.1) is 0 Å². The summed E-state index contributed by atoms with van der Waals surface area (Å²) < 4.78 is 5.71. The molecule has 2 rings (SSSR count). The summed E-state index contributed by atoms with van der Waals surface area (Å²) in [5.74, 6) is 1.82. The first-order valence-electron chi connectivity index (χ1n) is 7.06. The third-order valence-electron chi connectivity index (χ3n) is 3.37. The first-order chi connectivity index (χ1) is 9.24. The monoisotopic (exact) mass is 276 g/mol. The minimum Gasteiger partial charge on any atom is -0.464 e. The van der Waals surface area contributed by atoms with Gasteiger partial charge in [0.15, 0.2) is 0 Å². The molecule has 0 saturated carbocycles. The largest absolute Gasteiger partial charge is 0.464 e. The molecule has 1 aromatic carbocycles. The lowest BCUT2D eigenvalue weighted by atomic mass is 10.0. The summed E-state index contributed by atoms with van der Waals surface area (Å²) in [6.07, 6.45) is 4.51. The molecule has 19 heavy (non-hydrogen) atoms. The summed E-state index contributed by atoms with van der Waals surface area (Å²) in [4.78, 5) is 0. The molecule has 1 heterocycles. The molecule has 0 saturated heterocycles. The standard InChI is InChI=1S/C17H21ClO/c1-3-5-6-13-7-9-14(10-8-13)17(18)16-12-11-15(4-2)19-16/h7-12,17H,3-6H2,1-2H3. The molecular weight excluding hydrogens is 256 g/mol. The number of furan rings is 1. The van der Waals surface area contributed by atoms with Crippen molar-refractivity contribution in [3.8, 4) is 0 Å². The van der Waals surface area contributed by atoms with Gasteiger partial charge in [-0.05, 0) is 36.1 Å². The van der Waals surface area contributed by atoms with E-state index in [-0.39, 0.29) is 5.38 Å². The molecule has 1 atom stereocenters. The van der Waals surface area contributed by atoms with Gasteiger partial charge in [-0.3, -0.25) is 0 Å². The molecule has 0 amide bonds. The van der Waals surface area contributed by atoms with E-state index in [4.69, 9.17) is 16.0 Å². The third kappa shape index (κ3) is 3.63. The van der Waals surface area contributed by atoms with E-state index in [1.807, 2.05) is 12.1 Å². The molecule has 0 radical (unpaired) electrons. The maximum absolute atomic E-state index is 6.46. The summed E-state index contributed by atoms with van der Waals surface area (Å²) in [6, 6.07) is 12.5. The second-order valence-electron chi connectivity index (χ2n) is 4.87. The Morgan fingerprint density at radius 1 is 1.05 bits per heavy atom. The Labute approximate surface area is 120 Å². The van der Waals surface area contributed by atoms with Crippen molar-refractivity contribution in [3.05, 3.63) is 59.0 Å². The van der Waals surface area contributed by atoms with E-state index in [1.165, 1.54) is 18.4 Å². The van der Waals surface area contributed by atoms with Crippen LogP contribution in [0.25, 0.3) is 0 Å². The highest BCUT2D eigenvalue weighted by Crippen LogP contribution is 2.30. The smallest absolute Gasteiger partial charge is 0.126 e. The van der Waals surface area contributed by atoms with Gasteiger partial charge in [-0.25, -0.2) is 0 Å². The predicted molar refractivity (Wildman–Crippen MR) is 80.8 cm³/mol. The molecule has 1 nitrogen and oxygen atoms in total. The Hall–Kier alpha value is -1.21. The molecular formula is C17H21ClO. The molecule has 1 unspecified atom stereocenters. The van der Waals surface area contributed by atoms with Gasteiger partial charge in [0.1, 0.15) is 16.9 Å². The molecule has 0 N–H and O–H groups in total. The highest BCUT2D eigenvalue weighted by Gasteiger charge is 2.14. The topological polar surface area (TPSA) is 13.1 Å². The van der Waals surface area contributed by atoms with Crippen LogP contribution in [0.3, 0.4) is 0 Å². The van der Waals surface area contributed by atoms with Crippen LogP contribution in [-0.4, -0.2) is 0 Å². The number of rotatable bonds is 6. The van der Waals surface area contributed by atoms with Crippen LogP contribution in [0.5, 0.6) is 0 Å². The lowest BCUT2D eigenvalue weighted by Crippen LogP contribution is -1.92. The number of alkyl halides is 1.